The van der Waals surface area contributed by atoms with E-state index in [2.05, 4.69) is 31.2 Å². The van der Waals surface area contributed by atoms with Gasteiger partial charge in [0.1, 0.15) is 28.3 Å². The first-order valence-electron chi connectivity index (χ1n) is 8.00. The number of hydrogen-bond acceptors (Lipinski definition) is 4. The molecule has 3 aromatic rings. The second kappa shape index (κ2) is 8.39. The summed E-state index contributed by atoms with van der Waals surface area (Å²) in [6, 6.07) is 14.5. The summed E-state index contributed by atoms with van der Waals surface area (Å²) in [4.78, 5) is 19.7. The average Bonchev–Trinajstić information content (AvgIpc) is 2.66. The van der Waals surface area contributed by atoms with Gasteiger partial charge in [0.25, 0.3) is 5.91 Å². The lowest BCUT2D eigenvalue weighted by atomic mass is 10.2. The van der Waals surface area contributed by atoms with Gasteiger partial charge in [0, 0.05) is 24.0 Å². The highest BCUT2D eigenvalue weighted by Crippen LogP contribution is 2.29. The predicted molar refractivity (Wildman–Crippen MR) is 99.9 cm³/mol. The number of carbonyl (C=O) groups is 1. The van der Waals surface area contributed by atoms with Crippen molar-refractivity contribution in [3.8, 4) is 5.75 Å². The number of ether oxygens (including phenoxy) is 1. The van der Waals surface area contributed by atoms with Gasteiger partial charge in [0.05, 0.1) is 0 Å². The van der Waals surface area contributed by atoms with Crippen LogP contribution >= 0.6 is 15.9 Å². The molecule has 0 radical (unpaired) electrons. The van der Waals surface area contributed by atoms with Crippen molar-refractivity contribution >= 4 is 27.5 Å². The SMILES string of the molecule is O=C(Nc1ccnc(C(F)(F)F)c1)c1cc(OCc2ccccc2)cc(Br)n1. The molecule has 1 N–H and O–H groups in total. The molecule has 28 heavy (non-hydrogen) atoms. The topological polar surface area (TPSA) is 64.1 Å². The standard InChI is InChI=1S/C19H13BrF3N3O2/c20-17-10-14(28-11-12-4-2-1-3-5-12)9-15(26-17)18(27)25-13-6-7-24-16(8-13)19(21,22)23/h1-10H,11H2,(H,24,25,27). The van der Waals surface area contributed by atoms with E-state index >= 15 is 0 Å². The molecule has 0 spiro atoms. The van der Waals surface area contributed by atoms with Crippen molar-refractivity contribution in [2.75, 3.05) is 5.32 Å². The largest absolute Gasteiger partial charge is 0.489 e. The Balaban J connectivity index is 1.74. The third-order valence-electron chi connectivity index (χ3n) is 3.56. The van der Waals surface area contributed by atoms with Gasteiger partial charge < -0.3 is 10.1 Å². The second-order valence-corrected chi connectivity index (χ2v) is 6.48. The summed E-state index contributed by atoms with van der Waals surface area (Å²) in [7, 11) is 0. The van der Waals surface area contributed by atoms with Crippen molar-refractivity contribution in [1.29, 1.82) is 0 Å². The molecule has 5 nitrogen and oxygen atoms in total. The van der Waals surface area contributed by atoms with Crippen LogP contribution in [-0.2, 0) is 12.8 Å². The van der Waals surface area contributed by atoms with E-state index in [0.29, 0.717) is 10.4 Å². The van der Waals surface area contributed by atoms with Crippen molar-refractivity contribution in [2.45, 2.75) is 12.8 Å². The van der Waals surface area contributed by atoms with Crippen LogP contribution in [0.1, 0.15) is 21.7 Å². The smallest absolute Gasteiger partial charge is 0.433 e. The number of carbonyl (C=O) groups excluding carboxylic acids is 1. The van der Waals surface area contributed by atoms with Gasteiger partial charge in [-0.1, -0.05) is 30.3 Å². The normalized spacial score (nSPS) is 11.1. The van der Waals surface area contributed by atoms with E-state index in [9.17, 15) is 18.0 Å². The predicted octanol–water partition coefficient (Wildman–Crippen LogP) is 5.09. The maximum atomic E-state index is 12.7. The van der Waals surface area contributed by atoms with Crippen LogP contribution in [-0.4, -0.2) is 15.9 Å². The monoisotopic (exact) mass is 451 g/mol. The third kappa shape index (κ3) is 5.29. The number of nitrogens with zero attached hydrogens (tertiary/aromatic N) is 2. The maximum Gasteiger partial charge on any atom is 0.433 e. The van der Waals surface area contributed by atoms with Gasteiger partial charge in [-0.25, -0.2) is 4.98 Å². The van der Waals surface area contributed by atoms with Crippen molar-refractivity contribution in [2.24, 2.45) is 0 Å². The fourth-order valence-corrected chi connectivity index (χ4v) is 2.69. The fourth-order valence-electron chi connectivity index (χ4n) is 2.27. The number of alkyl halides is 3. The molecular weight excluding hydrogens is 439 g/mol. The van der Waals surface area contributed by atoms with Gasteiger partial charge in [0.2, 0.25) is 0 Å². The summed E-state index contributed by atoms with van der Waals surface area (Å²) in [5, 5.41) is 2.38. The van der Waals surface area contributed by atoms with Gasteiger partial charge in [0.15, 0.2) is 0 Å². The van der Waals surface area contributed by atoms with E-state index in [0.717, 1.165) is 17.8 Å². The van der Waals surface area contributed by atoms with Crippen LogP contribution in [0.4, 0.5) is 18.9 Å². The highest BCUT2D eigenvalue weighted by molar-refractivity contribution is 9.10. The summed E-state index contributed by atoms with van der Waals surface area (Å²) >= 11 is 3.20. The molecule has 0 aliphatic carbocycles. The minimum Gasteiger partial charge on any atom is -0.489 e. The van der Waals surface area contributed by atoms with E-state index in [4.69, 9.17) is 4.74 Å². The molecule has 0 fully saturated rings. The number of amides is 1. The molecule has 0 atom stereocenters. The van der Waals surface area contributed by atoms with E-state index in [1.807, 2.05) is 30.3 Å². The number of pyridine rings is 2. The molecule has 0 bridgehead atoms. The molecule has 0 saturated heterocycles. The minimum atomic E-state index is -4.60. The van der Waals surface area contributed by atoms with Crippen molar-refractivity contribution in [1.82, 2.24) is 9.97 Å². The zero-order valence-electron chi connectivity index (χ0n) is 14.2. The molecule has 1 aromatic carbocycles. The molecule has 0 aliphatic heterocycles. The Morgan fingerprint density at radius 3 is 2.57 bits per heavy atom. The van der Waals surface area contributed by atoms with E-state index < -0.39 is 17.8 Å². The molecule has 2 aromatic heterocycles. The number of aromatic nitrogens is 2. The molecule has 0 unspecified atom stereocenters. The Labute approximate surface area is 166 Å². The van der Waals surface area contributed by atoms with Crippen LogP contribution in [0, 0.1) is 0 Å². The molecular formula is C19H13BrF3N3O2. The van der Waals surface area contributed by atoms with Crippen molar-refractivity contribution in [3.05, 3.63) is 82.3 Å². The second-order valence-electron chi connectivity index (χ2n) is 5.67. The van der Waals surface area contributed by atoms with Crippen LogP contribution in [0.3, 0.4) is 0 Å². The maximum absolute atomic E-state index is 12.7. The molecule has 0 saturated carbocycles. The first-order chi connectivity index (χ1) is 13.3. The van der Waals surface area contributed by atoms with E-state index in [-0.39, 0.29) is 18.0 Å². The van der Waals surface area contributed by atoms with Gasteiger partial charge >= 0.3 is 6.18 Å². The Morgan fingerprint density at radius 2 is 1.86 bits per heavy atom. The molecule has 9 heteroatoms. The first-order valence-corrected chi connectivity index (χ1v) is 8.79. The van der Waals surface area contributed by atoms with Crippen LogP contribution in [0.5, 0.6) is 5.75 Å². The van der Waals surface area contributed by atoms with Crippen molar-refractivity contribution < 1.29 is 22.7 Å². The number of nitrogens with one attached hydrogen (secondary N) is 1. The van der Waals surface area contributed by atoms with Gasteiger partial charge in [-0.3, -0.25) is 9.78 Å². The highest BCUT2D eigenvalue weighted by Gasteiger charge is 2.32. The zero-order valence-corrected chi connectivity index (χ0v) is 15.8. The Kier molecular flexibility index (Phi) is 5.93. The summed E-state index contributed by atoms with van der Waals surface area (Å²) in [5.74, 6) is -0.285. The number of rotatable bonds is 5. The fraction of sp³-hybridized carbons (Fsp3) is 0.105. The van der Waals surface area contributed by atoms with Crippen LogP contribution in [0.25, 0.3) is 0 Å². The Hall–Kier alpha value is -2.94. The number of anilines is 1. The van der Waals surface area contributed by atoms with Crippen LogP contribution < -0.4 is 10.1 Å². The zero-order chi connectivity index (χ0) is 20.1. The number of hydrogen-bond donors (Lipinski definition) is 1. The van der Waals surface area contributed by atoms with Gasteiger partial charge in [-0.05, 0) is 33.6 Å². The highest BCUT2D eigenvalue weighted by atomic mass is 79.9. The minimum absolute atomic E-state index is 0.0113. The molecule has 144 valence electrons. The molecule has 2 heterocycles. The summed E-state index contributed by atoms with van der Waals surface area (Å²) < 4.78 is 44.3. The lowest BCUT2D eigenvalue weighted by Crippen LogP contribution is -2.15. The Morgan fingerprint density at radius 1 is 1.11 bits per heavy atom. The molecule has 0 aliphatic rings. The van der Waals surface area contributed by atoms with Crippen LogP contribution in [0.2, 0.25) is 0 Å². The number of benzene rings is 1. The quantitative estimate of drug-likeness (QED) is 0.548. The van der Waals surface area contributed by atoms with Crippen LogP contribution in [0.15, 0.2) is 65.4 Å². The average molecular weight is 452 g/mol. The third-order valence-corrected chi connectivity index (χ3v) is 3.96. The molecule has 3 rings (SSSR count). The summed E-state index contributed by atoms with van der Waals surface area (Å²) in [5.41, 5.74) is -0.207. The Bertz CT molecular complexity index is 982. The van der Waals surface area contributed by atoms with Gasteiger partial charge in [-0.15, -0.1) is 0 Å². The lowest BCUT2D eigenvalue weighted by Gasteiger charge is -2.10. The van der Waals surface area contributed by atoms with E-state index in [1.165, 1.54) is 12.1 Å². The lowest BCUT2D eigenvalue weighted by molar-refractivity contribution is -0.141. The number of halogens is 4. The summed E-state index contributed by atoms with van der Waals surface area (Å²) in [6.45, 7) is 0.289. The summed E-state index contributed by atoms with van der Waals surface area (Å²) in [6.07, 6.45) is -3.63. The van der Waals surface area contributed by atoms with Crippen molar-refractivity contribution in [3.63, 3.8) is 0 Å². The first kappa shape index (κ1) is 19.8. The van der Waals surface area contributed by atoms with E-state index in [1.54, 1.807) is 6.07 Å². The van der Waals surface area contributed by atoms with Gasteiger partial charge in [-0.2, -0.15) is 13.2 Å². The molecule has 1 amide bonds.